The van der Waals surface area contributed by atoms with Gasteiger partial charge in [-0.3, -0.25) is 4.90 Å². The van der Waals surface area contributed by atoms with Gasteiger partial charge in [0, 0.05) is 37.4 Å². The van der Waals surface area contributed by atoms with E-state index in [1.165, 1.54) is 43.6 Å². The number of benzene rings is 1. The lowest BCUT2D eigenvalue weighted by Gasteiger charge is -2.17. The molecule has 0 radical (unpaired) electrons. The standard InChI is InChI=1S/C16H25N3/c1-18(2)11-13-3-5-14(6-4-13)17-15-9-10-19(12-15)16-7-8-16/h3-6,15-17H,7-12H2,1-2H3. The Bertz CT molecular complexity index is 409. The second kappa shape index (κ2) is 5.51. The van der Waals surface area contributed by atoms with Crippen LogP contribution in [0, 0.1) is 0 Å². The summed E-state index contributed by atoms with van der Waals surface area (Å²) in [6.07, 6.45) is 4.13. The van der Waals surface area contributed by atoms with Crippen molar-refractivity contribution in [2.75, 3.05) is 32.5 Å². The lowest BCUT2D eigenvalue weighted by Crippen LogP contribution is -2.27. The lowest BCUT2D eigenvalue weighted by molar-refractivity contribution is 0.326. The maximum atomic E-state index is 3.68. The topological polar surface area (TPSA) is 18.5 Å². The highest BCUT2D eigenvalue weighted by Gasteiger charge is 2.34. The molecule has 1 saturated heterocycles. The van der Waals surface area contributed by atoms with Crippen molar-refractivity contribution >= 4 is 5.69 Å². The Balaban J connectivity index is 1.52. The molecular weight excluding hydrogens is 234 g/mol. The van der Waals surface area contributed by atoms with E-state index in [1.807, 2.05) is 0 Å². The number of hydrogen-bond acceptors (Lipinski definition) is 3. The fourth-order valence-corrected chi connectivity index (χ4v) is 2.98. The third kappa shape index (κ3) is 3.48. The van der Waals surface area contributed by atoms with Crippen LogP contribution in [0.2, 0.25) is 0 Å². The molecule has 1 saturated carbocycles. The molecule has 3 rings (SSSR count). The van der Waals surface area contributed by atoms with Crippen molar-refractivity contribution in [3.8, 4) is 0 Å². The van der Waals surface area contributed by atoms with Crippen LogP contribution in [0.1, 0.15) is 24.8 Å². The van der Waals surface area contributed by atoms with E-state index in [9.17, 15) is 0 Å². The molecule has 0 bridgehead atoms. The Morgan fingerprint density at radius 3 is 2.53 bits per heavy atom. The molecule has 1 N–H and O–H groups in total. The number of likely N-dealkylation sites (tertiary alicyclic amines) is 1. The molecule has 104 valence electrons. The summed E-state index contributed by atoms with van der Waals surface area (Å²) in [5, 5.41) is 3.68. The largest absolute Gasteiger partial charge is 0.381 e. The highest BCUT2D eigenvalue weighted by molar-refractivity contribution is 5.45. The van der Waals surface area contributed by atoms with E-state index >= 15 is 0 Å². The Morgan fingerprint density at radius 1 is 1.16 bits per heavy atom. The molecule has 0 aromatic heterocycles. The normalized spacial score (nSPS) is 24.1. The summed E-state index contributed by atoms with van der Waals surface area (Å²) < 4.78 is 0. The molecule has 3 heteroatoms. The zero-order valence-electron chi connectivity index (χ0n) is 12.1. The minimum atomic E-state index is 0.639. The number of nitrogens with one attached hydrogen (secondary N) is 1. The molecule has 19 heavy (non-hydrogen) atoms. The van der Waals surface area contributed by atoms with Gasteiger partial charge in [-0.1, -0.05) is 12.1 Å². The molecule has 1 aliphatic carbocycles. The van der Waals surface area contributed by atoms with Crippen LogP contribution in [0.3, 0.4) is 0 Å². The van der Waals surface area contributed by atoms with Crippen LogP contribution in [-0.4, -0.2) is 49.1 Å². The Kier molecular flexibility index (Phi) is 3.76. The van der Waals surface area contributed by atoms with Crippen LogP contribution in [0.15, 0.2) is 24.3 Å². The molecule has 1 aromatic rings. The predicted octanol–water partition coefficient (Wildman–Crippen LogP) is 2.40. The van der Waals surface area contributed by atoms with Crippen molar-refractivity contribution in [3.63, 3.8) is 0 Å². The molecule has 1 unspecified atom stereocenters. The maximum absolute atomic E-state index is 3.68. The molecule has 1 heterocycles. The Morgan fingerprint density at radius 2 is 1.89 bits per heavy atom. The summed E-state index contributed by atoms with van der Waals surface area (Å²) in [6.45, 7) is 3.52. The number of nitrogens with zero attached hydrogens (tertiary/aromatic N) is 2. The van der Waals surface area contributed by atoms with Gasteiger partial charge in [0.05, 0.1) is 0 Å². The van der Waals surface area contributed by atoms with Gasteiger partial charge in [0.1, 0.15) is 0 Å². The van der Waals surface area contributed by atoms with Crippen molar-refractivity contribution in [2.24, 2.45) is 0 Å². The molecular formula is C16H25N3. The van der Waals surface area contributed by atoms with Gasteiger partial charge in [-0.15, -0.1) is 0 Å². The fourth-order valence-electron chi connectivity index (χ4n) is 2.98. The van der Waals surface area contributed by atoms with E-state index in [-0.39, 0.29) is 0 Å². The van der Waals surface area contributed by atoms with Crippen LogP contribution in [0.5, 0.6) is 0 Å². The monoisotopic (exact) mass is 259 g/mol. The van der Waals surface area contributed by atoms with E-state index in [1.54, 1.807) is 0 Å². The molecule has 2 aliphatic rings. The van der Waals surface area contributed by atoms with Crippen LogP contribution in [0.25, 0.3) is 0 Å². The van der Waals surface area contributed by atoms with Crippen LogP contribution < -0.4 is 5.32 Å². The maximum Gasteiger partial charge on any atom is 0.0400 e. The van der Waals surface area contributed by atoms with Crippen molar-refractivity contribution in [2.45, 2.75) is 37.9 Å². The summed E-state index contributed by atoms with van der Waals surface area (Å²) in [5.41, 5.74) is 2.65. The van der Waals surface area contributed by atoms with Crippen LogP contribution in [0.4, 0.5) is 5.69 Å². The van der Waals surface area contributed by atoms with Crippen LogP contribution in [-0.2, 0) is 6.54 Å². The predicted molar refractivity (Wildman–Crippen MR) is 80.5 cm³/mol. The minimum Gasteiger partial charge on any atom is -0.381 e. The Hall–Kier alpha value is -1.06. The van der Waals surface area contributed by atoms with E-state index < -0.39 is 0 Å². The first-order valence-electron chi connectivity index (χ1n) is 7.45. The van der Waals surface area contributed by atoms with Gasteiger partial charge in [-0.05, 0) is 51.1 Å². The molecule has 2 fully saturated rings. The first-order chi connectivity index (χ1) is 9.20. The van der Waals surface area contributed by atoms with Gasteiger partial charge in [0.25, 0.3) is 0 Å². The second-order valence-electron chi connectivity index (χ2n) is 6.29. The van der Waals surface area contributed by atoms with Crippen LogP contribution >= 0.6 is 0 Å². The number of hydrogen-bond donors (Lipinski definition) is 1. The molecule has 1 aromatic carbocycles. The molecule has 1 atom stereocenters. The summed E-state index contributed by atoms with van der Waals surface area (Å²) >= 11 is 0. The zero-order valence-corrected chi connectivity index (χ0v) is 12.1. The SMILES string of the molecule is CN(C)Cc1ccc(NC2CCN(C3CC3)C2)cc1. The van der Waals surface area contributed by atoms with Crippen molar-refractivity contribution in [3.05, 3.63) is 29.8 Å². The summed E-state index contributed by atoms with van der Waals surface area (Å²) in [6, 6.07) is 10.5. The summed E-state index contributed by atoms with van der Waals surface area (Å²) in [7, 11) is 4.22. The third-order valence-corrected chi connectivity index (χ3v) is 4.11. The highest BCUT2D eigenvalue weighted by atomic mass is 15.2. The fraction of sp³-hybridized carbons (Fsp3) is 0.625. The van der Waals surface area contributed by atoms with Gasteiger partial charge < -0.3 is 10.2 Å². The van der Waals surface area contributed by atoms with Crippen molar-refractivity contribution in [1.29, 1.82) is 0 Å². The third-order valence-electron chi connectivity index (χ3n) is 4.11. The van der Waals surface area contributed by atoms with Gasteiger partial charge in [-0.2, -0.15) is 0 Å². The molecule has 0 spiro atoms. The van der Waals surface area contributed by atoms with E-state index in [0.29, 0.717) is 6.04 Å². The second-order valence-corrected chi connectivity index (χ2v) is 6.29. The first kappa shape index (κ1) is 12.9. The average Bonchev–Trinajstić information content (AvgIpc) is 3.12. The number of rotatable bonds is 5. The smallest absolute Gasteiger partial charge is 0.0400 e. The minimum absolute atomic E-state index is 0.639. The highest BCUT2D eigenvalue weighted by Crippen LogP contribution is 2.30. The van der Waals surface area contributed by atoms with E-state index in [0.717, 1.165) is 12.6 Å². The molecule has 3 nitrogen and oxygen atoms in total. The molecule has 0 amide bonds. The molecule has 1 aliphatic heterocycles. The lowest BCUT2D eigenvalue weighted by atomic mass is 10.2. The zero-order chi connectivity index (χ0) is 13.2. The van der Waals surface area contributed by atoms with Crippen molar-refractivity contribution in [1.82, 2.24) is 9.80 Å². The average molecular weight is 259 g/mol. The van der Waals surface area contributed by atoms with Gasteiger partial charge in [0.2, 0.25) is 0 Å². The quantitative estimate of drug-likeness (QED) is 0.876. The van der Waals surface area contributed by atoms with Gasteiger partial charge >= 0.3 is 0 Å². The summed E-state index contributed by atoms with van der Waals surface area (Å²) in [4.78, 5) is 4.85. The van der Waals surface area contributed by atoms with E-state index in [4.69, 9.17) is 0 Å². The first-order valence-corrected chi connectivity index (χ1v) is 7.45. The van der Waals surface area contributed by atoms with E-state index in [2.05, 4.69) is 53.5 Å². The Labute approximate surface area is 116 Å². The summed E-state index contributed by atoms with van der Waals surface area (Å²) in [5.74, 6) is 0. The number of anilines is 1. The van der Waals surface area contributed by atoms with Gasteiger partial charge in [0.15, 0.2) is 0 Å². The van der Waals surface area contributed by atoms with Gasteiger partial charge in [-0.25, -0.2) is 0 Å². The van der Waals surface area contributed by atoms with Crippen molar-refractivity contribution < 1.29 is 0 Å².